The zero-order valence-corrected chi connectivity index (χ0v) is 19.8. The van der Waals surface area contributed by atoms with Gasteiger partial charge >= 0.3 is 0 Å². The molecule has 0 atom stereocenters. The highest BCUT2D eigenvalue weighted by Crippen LogP contribution is 2.20. The summed E-state index contributed by atoms with van der Waals surface area (Å²) < 4.78 is 51.4. The summed E-state index contributed by atoms with van der Waals surface area (Å²) in [4.78, 5) is 4.44. The SMILES string of the molecule is Cc1cccc(N2CCN(CCCCNS(=O)(=O)c3ccccc3S(C)(=O)=O)CC2)c1. The average Bonchev–Trinajstić information content (AvgIpc) is 2.73. The van der Waals surface area contributed by atoms with E-state index in [1.54, 1.807) is 0 Å². The molecule has 1 N–H and O–H groups in total. The molecule has 2 aromatic rings. The molecule has 0 saturated carbocycles. The predicted octanol–water partition coefficient (Wildman–Crippen LogP) is 2.28. The Morgan fingerprint density at radius 1 is 0.871 bits per heavy atom. The molecule has 3 rings (SSSR count). The van der Waals surface area contributed by atoms with Crippen molar-refractivity contribution in [1.29, 1.82) is 0 Å². The molecule has 9 heteroatoms. The molecule has 0 aliphatic carbocycles. The lowest BCUT2D eigenvalue weighted by Gasteiger charge is -2.36. The minimum absolute atomic E-state index is 0.172. The molecule has 1 fully saturated rings. The van der Waals surface area contributed by atoms with E-state index >= 15 is 0 Å². The van der Waals surface area contributed by atoms with Crippen molar-refractivity contribution in [3.05, 3.63) is 54.1 Å². The van der Waals surface area contributed by atoms with Crippen LogP contribution in [-0.4, -0.2) is 67.3 Å². The first-order valence-corrected chi connectivity index (χ1v) is 13.9. The second kappa shape index (κ2) is 10.1. The van der Waals surface area contributed by atoms with E-state index in [-0.39, 0.29) is 16.3 Å². The third-order valence-electron chi connectivity index (χ3n) is 5.47. The molecule has 1 aliphatic heterocycles. The Kier molecular flexibility index (Phi) is 7.74. The number of nitrogens with one attached hydrogen (secondary N) is 1. The molecule has 1 heterocycles. The van der Waals surface area contributed by atoms with Gasteiger partial charge in [0.2, 0.25) is 10.0 Å². The lowest BCUT2D eigenvalue weighted by atomic mass is 10.2. The quantitative estimate of drug-likeness (QED) is 0.572. The topological polar surface area (TPSA) is 86.8 Å². The molecule has 31 heavy (non-hydrogen) atoms. The van der Waals surface area contributed by atoms with Crippen LogP contribution in [0.15, 0.2) is 58.3 Å². The molecule has 0 amide bonds. The van der Waals surface area contributed by atoms with Gasteiger partial charge in [-0.15, -0.1) is 0 Å². The molecule has 7 nitrogen and oxygen atoms in total. The van der Waals surface area contributed by atoms with Gasteiger partial charge in [0.05, 0.1) is 4.90 Å². The zero-order chi connectivity index (χ0) is 22.5. The second-order valence-electron chi connectivity index (χ2n) is 7.99. The summed E-state index contributed by atoms with van der Waals surface area (Å²) in [6.07, 6.45) is 2.58. The van der Waals surface area contributed by atoms with Crippen molar-refractivity contribution in [2.24, 2.45) is 0 Å². The standard InChI is InChI=1S/C22H31N3O4S2/c1-19-8-7-9-20(18-19)25-16-14-24(15-17-25)13-6-5-12-23-31(28,29)22-11-4-3-10-21(22)30(2,26)27/h3-4,7-11,18,23H,5-6,12-17H2,1-2H3. The number of sulfone groups is 1. The molecule has 0 bridgehead atoms. The number of hydrogen-bond acceptors (Lipinski definition) is 6. The zero-order valence-electron chi connectivity index (χ0n) is 18.1. The molecule has 0 aromatic heterocycles. The summed E-state index contributed by atoms with van der Waals surface area (Å²) in [5, 5.41) is 0. The van der Waals surface area contributed by atoms with Crippen molar-refractivity contribution < 1.29 is 16.8 Å². The lowest BCUT2D eigenvalue weighted by molar-refractivity contribution is 0.253. The molecule has 0 unspecified atom stereocenters. The minimum Gasteiger partial charge on any atom is -0.369 e. The summed E-state index contributed by atoms with van der Waals surface area (Å²) >= 11 is 0. The van der Waals surface area contributed by atoms with Crippen molar-refractivity contribution >= 4 is 25.5 Å². The van der Waals surface area contributed by atoms with Gasteiger partial charge in [-0.3, -0.25) is 4.90 Å². The third-order valence-corrected chi connectivity index (χ3v) is 8.27. The van der Waals surface area contributed by atoms with Crippen molar-refractivity contribution in [2.45, 2.75) is 29.6 Å². The van der Waals surface area contributed by atoms with Gasteiger partial charge in [-0.1, -0.05) is 24.3 Å². The summed E-state index contributed by atoms with van der Waals surface area (Å²) in [5.74, 6) is 0. The number of benzene rings is 2. The molecule has 0 radical (unpaired) electrons. The number of sulfonamides is 1. The highest BCUT2D eigenvalue weighted by atomic mass is 32.2. The van der Waals surface area contributed by atoms with Crippen LogP contribution in [0.3, 0.4) is 0 Å². The maximum absolute atomic E-state index is 12.6. The van der Waals surface area contributed by atoms with Gasteiger partial charge in [0.15, 0.2) is 9.84 Å². The molecule has 0 spiro atoms. The Hall–Kier alpha value is -1.94. The van der Waals surface area contributed by atoms with Crippen LogP contribution >= 0.6 is 0 Å². The van der Waals surface area contributed by atoms with Crippen LogP contribution in [-0.2, 0) is 19.9 Å². The van der Waals surface area contributed by atoms with Crippen molar-refractivity contribution in [3.8, 4) is 0 Å². The molecular weight excluding hydrogens is 434 g/mol. The van der Waals surface area contributed by atoms with E-state index in [9.17, 15) is 16.8 Å². The number of piperazine rings is 1. The lowest BCUT2D eigenvalue weighted by Crippen LogP contribution is -2.46. The number of aryl methyl sites for hydroxylation is 1. The van der Waals surface area contributed by atoms with E-state index in [0.29, 0.717) is 6.42 Å². The van der Waals surface area contributed by atoms with Gasteiger partial charge in [-0.25, -0.2) is 21.6 Å². The number of nitrogens with zero attached hydrogens (tertiary/aromatic N) is 2. The van der Waals surface area contributed by atoms with E-state index in [1.165, 1.54) is 35.5 Å². The third kappa shape index (κ3) is 6.52. The molecule has 1 saturated heterocycles. The Morgan fingerprint density at radius 3 is 2.19 bits per heavy atom. The van der Waals surface area contributed by atoms with E-state index in [2.05, 4.69) is 45.7 Å². The molecule has 2 aromatic carbocycles. The van der Waals surface area contributed by atoms with Crippen molar-refractivity contribution in [2.75, 3.05) is 50.4 Å². The average molecular weight is 466 g/mol. The molecule has 170 valence electrons. The minimum atomic E-state index is -3.87. The van der Waals surface area contributed by atoms with Crippen LogP contribution in [0.5, 0.6) is 0 Å². The number of unbranched alkanes of at least 4 members (excludes halogenated alkanes) is 1. The smallest absolute Gasteiger partial charge is 0.241 e. The Morgan fingerprint density at radius 2 is 1.55 bits per heavy atom. The summed E-state index contributed by atoms with van der Waals surface area (Å²) in [5.41, 5.74) is 2.53. The largest absolute Gasteiger partial charge is 0.369 e. The number of rotatable bonds is 9. The van der Waals surface area contributed by atoms with Crippen LogP contribution in [0.1, 0.15) is 18.4 Å². The normalized spacial score (nSPS) is 15.9. The number of anilines is 1. The fourth-order valence-electron chi connectivity index (χ4n) is 3.78. The van der Waals surface area contributed by atoms with Crippen molar-refractivity contribution in [3.63, 3.8) is 0 Å². The molecule has 1 aliphatic rings. The Balaban J connectivity index is 1.42. The predicted molar refractivity (Wildman–Crippen MR) is 124 cm³/mol. The van der Waals surface area contributed by atoms with E-state index in [1.807, 2.05) is 0 Å². The summed E-state index contributed by atoms with van der Waals surface area (Å²) in [6, 6.07) is 14.3. The van der Waals surface area contributed by atoms with E-state index in [0.717, 1.165) is 45.4 Å². The van der Waals surface area contributed by atoms with Crippen LogP contribution < -0.4 is 9.62 Å². The highest BCUT2D eigenvalue weighted by molar-refractivity contribution is 7.93. The monoisotopic (exact) mass is 465 g/mol. The van der Waals surface area contributed by atoms with Gasteiger partial charge in [-0.05, 0) is 56.1 Å². The van der Waals surface area contributed by atoms with Gasteiger partial charge in [0.1, 0.15) is 4.90 Å². The van der Waals surface area contributed by atoms with Crippen LogP contribution in [0, 0.1) is 6.92 Å². The van der Waals surface area contributed by atoms with Crippen LogP contribution in [0.25, 0.3) is 0 Å². The first-order chi connectivity index (χ1) is 14.7. The maximum atomic E-state index is 12.6. The first-order valence-electron chi connectivity index (χ1n) is 10.5. The fourth-order valence-corrected chi connectivity index (χ4v) is 6.48. The highest BCUT2D eigenvalue weighted by Gasteiger charge is 2.23. The second-order valence-corrected chi connectivity index (χ2v) is 11.7. The summed E-state index contributed by atoms with van der Waals surface area (Å²) in [6.45, 7) is 7.25. The van der Waals surface area contributed by atoms with Gasteiger partial charge in [-0.2, -0.15) is 0 Å². The Bertz CT molecular complexity index is 1090. The molecular formula is C22H31N3O4S2. The van der Waals surface area contributed by atoms with Crippen LogP contribution in [0.4, 0.5) is 5.69 Å². The van der Waals surface area contributed by atoms with E-state index in [4.69, 9.17) is 0 Å². The maximum Gasteiger partial charge on any atom is 0.241 e. The van der Waals surface area contributed by atoms with Gasteiger partial charge < -0.3 is 4.90 Å². The van der Waals surface area contributed by atoms with E-state index < -0.39 is 19.9 Å². The van der Waals surface area contributed by atoms with Gasteiger partial charge in [0.25, 0.3) is 0 Å². The first kappa shape index (κ1) is 23.7. The number of hydrogen-bond donors (Lipinski definition) is 1. The van der Waals surface area contributed by atoms with Gasteiger partial charge in [0, 0.05) is 44.7 Å². The summed E-state index contributed by atoms with van der Waals surface area (Å²) in [7, 11) is -7.49. The fraction of sp³-hybridized carbons (Fsp3) is 0.455. The Labute approximate surface area is 186 Å². The van der Waals surface area contributed by atoms with Crippen molar-refractivity contribution in [1.82, 2.24) is 9.62 Å². The van der Waals surface area contributed by atoms with Crippen LogP contribution in [0.2, 0.25) is 0 Å².